The van der Waals surface area contributed by atoms with Gasteiger partial charge in [0.25, 0.3) is 0 Å². The number of hydrogen-bond acceptors (Lipinski definition) is 6. The fourth-order valence-corrected chi connectivity index (χ4v) is 3.82. The monoisotopic (exact) mass is 498 g/mol. The van der Waals surface area contributed by atoms with Gasteiger partial charge in [0.1, 0.15) is 11.5 Å². The number of methoxy groups -OCH3 is 1. The molecule has 178 valence electrons. The van der Waals surface area contributed by atoms with Crippen molar-refractivity contribution in [1.82, 2.24) is 14.5 Å². The van der Waals surface area contributed by atoms with Crippen LogP contribution in [-0.4, -0.2) is 34.2 Å². The van der Waals surface area contributed by atoms with Crippen LogP contribution in [0.4, 0.5) is 5.13 Å². The smallest absolute Gasteiger partial charge is 0.195 e. The molecule has 0 unspecified atom stereocenters. The first-order valence-electron chi connectivity index (χ1n) is 10.5. The number of nitrogens with two attached hydrogens (primary N) is 1. The number of ether oxygens (including phenoxy) is 2. The van der Waals surface area contributed by atoms with Gasteiger partial charge in [0.15, 0.2) is 11.1 Å². The van der Waals surface area contributed by atoms with Crippen molar-refractivity contribution in [2.45, 2.75) is 19.5 Å². The summed E-state index contributed by atoms with van der Waals surface area (Å²) in [7, 11) is 1.64. The van der Waals surface area contributed by atoms with Crippen molar-refractivity contribution in [1.29, 1.82) is 0 Å². The van der Waals surface area contributed by atoms with Crippen LogP contribution >= 0.6 is 23.7 Å². The zero-order chi connectivity index (χ0) is 22.9. The topological polar surface area (TPSA) is 99.6 Å². The first-order valence-corrected chi connectivity index (χ1v) is 11.4. The SMILES string of the molecule is COc1ccc(CN=C(N)Nc2nc(-c3ccc(OCCCn4ccnc4)cc3)cs2)cc1.Cl. The quantitative estimate of drug-likeness (QED) is 0.184. The highest BCUT2D eigenvalue weighted by Gasteiger charge is 2.06. The lowest BCUT2D eigenvalue weighted by molar-refractivity contribution is 0.302. The average molecular weight is 499 g/mol. The van der Waals surface area contributed by atoms with E-state index in [1.807, 2.05) is 71.0 Å². The third kappa shape index (κ3) is 7.23. The Labute approximate surface area is 208 Å². The Hall–Kier alpha value is -3.56. The number of anilines is 1. The zero-order valence-electron chi connectivity index (χ0n) is 18.8. The fraction of sp³-hybridized carbons (Fsp3) is 0.208. The summed E-state index contributed by atoms with van der Waals surface area (Å²) in [6.45, 7) is 2.02. The van der Waals surface area contributed by atoms with Crippen molar-refractivity contribution in [3.8, 4) is 22.8 Å². The number of imidazole rings is 1. The van der Waals surface area contributed by atoms with Gasteiger partial charge in [-0.3, -0.25) is 0 Å². The van der Waals surface area contributed by atoms with Crippen LogP contribution in [0, 0.1) is 0 Å². The van der Waals surface area contributed by atoms with Crippen molar-refractivity contribution in [3.05, 3.63) is 78.2 Å². The Morgan fingerprint density at radius 2 is 1.88 bits per heavy atom. The molecule has 34 heavy (non-hydrogen) atoms. The number of hydrogen-bond donors (Lipinski definition) is 2. The van der Waals surface area contributed by atoms with Gasteiger partial charge in [-0.1, -0.05) is 12.1 Å². The molecule has 0 aliphatic heterocycles. The van der Waals surface area contributed by atoms with Gasteiger partial charge in [0, 0.05) is 29.9 Å². The molecule has 4 rings (SSSR count). The second kappa shape index (κ2) is 12.6. The summed E-state index contributed by atoms with van der Waals surface area (Å²) in [5, 5.41) is 5.74. The summed E-state index contributed by atoms with van der Waals surface area (Å²) in [5.74, 6) is 1.98. The van der Waals surface area contributed by atoms with Gasteiger partial charge in [-0.05, 0) is 48.4 Å². The number of aliphatic imine (C=N–C) groups is 1. The molecule has 0 amide bonds. The lowest BCUT2D eigenvalue weighted by Gasteiger charge is -2.07. The average Bonchev–Trinajstić information content (AvgIpc) is 3.54. The zero-order valence-corrected chi connectivity index (χ0v) is 20.4. The standard InChI is InChI=1S/C24H26N6O2S.ClH/c1-31-20-7-3-18(4-8-20)15-27-23(25)29-24-28-22(16-33-24)19-5-9-21(10-6-19)32-14-2-12-30-13-11-26-17-30;/h3-11,13,16-17H,2,12,14-15H2,1H3,(H3,25,27,28,29);1H. The molecule has 2 heterocycles. The number of rotatable bonds is 10. The van der Waals surface area contributed by atoms with E-state index in [1.54, 1.807) is 13.3 Å². The van der Waals surface area contributed by atoms with Gasteiger partial charge < -0.3 is 25.1 Å². The van der Waals surface area contributed by atoms with Gasteiger partial charge in [-0.25, -0.2) is 15.0 Å². The van der Waals surface area contributed by atoms with E-state index in [0.717, 1.165) is 41.3 Å². The van der Waals surface area contributed by atoms with E-state index in [-0.39, 0.29) is 12.4 Å². The Bertz CT molecular complexity index is 1160. The molecule has 0 atom stereocenters. The van der Waals surface area contributed by atoms with Crippen molar-refractivity contribution in [2.24, 2.45) is 10.7 Å². The summed E-state index contributed by atoms with van der Waals surface area (Å²) >= 11 is 1.48. The van der Waals surface area contributed by atoms with Crippen molar-refractivity contribution in [3.63, 3.8) is 0 Å². The molecular formula is C24H27ClN6O2S. The Morgan fingerprint density at radius 3 is 2.59 bits per heavy atom. The van der Waals surface area contributed by atoms with E-state index in [9.17, 15) is 0 Å². The minimum absolute atomic E-state index is 0. The molecule has 2 aromatic heterocycles. The molecule has 0 aliphatic rings. The van der Waals surface area contributed by atoms with Crippen molar-refractivity contribution in [2.75, 3.05) is 19.0 Å². The molecule has 0 spiro atoms. The highest BCUT2D eigenvalue weighted by Crippen LogP contribution is 2.26. The fourth-order valence-electron chi connectivity index (χ4n) is 3.10. The minimum atomic E-state index is 0. The molecule has 0 radical (unpaired) electrons. The number of halogens is 1. The highest BCUT2D eigenvalue weighted by molar-refractivity contribution is 7.14. The highest BCUT2D eigenvalue weighted by atomic mass is 35.5. The molecule has 2 aromatic carbocycles. The Morgan fingerprint density at radius 1 is 1.12 bits per heavy atom. The summed E-state index contributed by atoms with van der Waals surface area (Å²) < 4.78 is 13.0. The Balaban J connectivity index is 0.00000324. The first kappa shape index (κ1) is 25.1. The number of aromatic nitrogens is 3. The number of aryl methyl sites for hydroxylation is 1. The number of nitrogens with zero attached hydrogens (tertiary/aromatic N) is 4. The maximum Gasteiger partial charge on any atom is 0.195 e. The Kier molecular flexibility index (Phi) is 9.30. The van der Waals surface area contributed by atoms with Crippen LogP contribution in [-0.2, 0) is 13.1 Å². The third-order valence-electron chi connectivity index (χ3n) is 4.87. The number of nitrogens with one attached hydrogen (secondary N) is 1. The van der Waals surface area contributed by atoms with Crippen LogP contribution in [0.5, 0.6) is 11.5 Å². The summed E-state index contributed by atoms with van der Waals surface area (Å²) in [5.41, 5.74) is 8.96. The lowest BCUT2D eigenvalue weighted by Crippen LogP contribution is -2.22. The number of thiazole rings is 1. The van der Waals surface area contributed by atoms with Gasteiger partial charge in [-0.2, -0.15) is 0 Å². The van der Waals surface area contributed by atoms with Crippen molar-refractivity contribution >= 4 is 34.8 Å². The predicted molar refractivity (Wildman–Crippen MR) is 139 cm³/mol. The lowest BCUT2D eigenvalue weighted by atomic mass is 10.2. The van der Waals surface area contributed by atoms with E-state index in [4.69, 9.17) is 15.2 Å². The van der Waals surface area contributed by atoms with E-state index in [2.05, 4.69) is 20.3 Å². The van der Waals surface area contributed by atoms with Gasteiger partial charge in [0.05, 0.1) is 32.3 Å². The minimum Gasteiger partial charge on any atom is -0.497 e. The first-order chi connectivity index (χ1) is 16.2. The van der Waals surface area contributed by atoms with Gasteiger partial charge in [-0.15, -0.1) is 23.7 Å². The molecule has 0 aliphatic carbocycles. The van der Waals surface area contributed by atoms with Gasteiger partial charge in [0.2, 0.25) is 0 Å². The van der Waals surface area contributed by atoms with Crippen LogP contribution in [0.1, 0.15) is 12.0 Å². The molecule has 0 saturated carbocycles. The molecule has 0 fully saturated rings. The largest absolute Gasteiger partial charge is 0.497 e. The molecular weight excluding hydrogens is 472 g/mol. The van der Waals surface area contributed by atoms with E-state index >= 15 is 0 Å². The van der Waals surface area contributed by atoms with Crippen LogP contribution in [0.25, 0.3) is 11.3 Å². The second-order valence-electron chi connectivity index (χ2n) is 7.24. The summed E-state index contributed by atoms with van der Waals surface area (Å²) in [6.07, 6.45) is 6.46. The summed E-state index contributed by atoms with van der Waals surface area (Å²) in [6, 6.07) is 15.7. The maximum atomic E-state index is 6.03. The molecule has 8 nitrogen and oxygen atoms in total. The molecule has 4 aromatic rings. The van der Waals surface area contributed by atoms with Gasteiger partial charge >= 0.3 is 0 Å². The molecule has 0 bridgehead atoms. The maximum absolute atomic E-state index is 6.03. The second-order valence-corrected chi connectivity index (χ2v) is 8.10. The number of guanidine groups is 1. The van der Waals surface area contributed by atoms with Crippen LogP contribution in [0.3, 0.4) is 0 Å². The summed E-state index contributed by atoms with van der Waals surface area (Å²) in [4.78, 5) is 13.0. The van der Waals surface area contributed by atoms with Crippen molar-refractivity contribution < 1.29 is 9.47 Å². The molecule has 10 heteroatoms. The normalized spacial score (nSPS) is 11.0. The van der Waals surface area contributed by atoms with Crippen LogP contribution in [0.2, 0.25) is 0 Å². The number of benzene rings is 2. The molecule has 0 saturated heterocycles. The van der Waals surface area contributed by atoms with Crippen LogP contribution < -0.4 is 20.5 Å². The van der Waals surface area contributed by atoms with Crippen LogP contribution in [0.15, 0.2) is 77.6 Å². The third-order valence-corrected chi connectivity index (χ3v) is 5.63. The van der Waals surface area contributed by atoms with E-state index in [0.29, 0.717) is 24.2 Å². The van der Waals surface area contributed by atoms with E-state index in [1.165, 1.54) is 11.3 Å². The molecule has 3 N–H and O–H groups in total. The van der Waals surface area contributed by atoms with E-state index < -0.39 is 0 Å². The predicted octanol–water partition coefficient (Wildman–Crippen LogP) is 4.83.